The Bertz CT molecular complexity index is 352. The van der Waals surface area contributed by atoms with Crippen LogP contribution in [-0.2, 0) is 4.74 Å². The zero-order valence-electron chi connectivity index (χ0n) is 10.2. The number of rotatable bonds is 3. The summed E-state index contributed by atoms with van der Waals surface area (Å²) in [5.74, 6) is 0.895. The van der Waals surface area contributed by atoms with E-state index in [9.17, 15) is 0 Å². The Kier molecular flexibility index (Phi) is 3.31. The van der Waals surface area contributed by atoms with E-state index in [-0.39, 0.29) is 6.10 Å². The molecule has 2 fully saturated rings. The van der Waals surface area contributed by atoms with Crippen molar-refractivity contribution in [3.8, 4) is 5.75 Å². The number of ether oxygens (including phenoxy) is 2. The van der Waals surface area contributed by atoms with Crippen LogP contribution >= 0.6 is 0 Å². The highest BCUT2D eigenvalue weighted by molar-refractivity contribution is 5.13. The summed E-state index contributed by atoms with van der Waals surface area (Å²) >= 11 is 0. The van der Waals surface area contributed by atoms with Crippen LogP contribution in [0.15, 0.2) is 12.4 Å². The van der Waals surface area contributed by atoms with Crippen LogP contribution in [0.3, 0.4) is 0 Å². The molecule has 4 nitrogen and oxygen atoms in total. The fourth-order valence-electron chi connectivity index (χ4n) is 2.73. The number of aromatic nitrogens is 2. The molecule has 0 bridgehead atoms. The minimum absolute atomic E-state index is 0.221. The normalized spacial score (nSPS) is 26.2. The van der Waals surface area contributed by atoms with Crippen LogP contribution in [0.4, 0.5) is 0 Å². The van der Waals surface area contributed by atoms with Gasteiger partial charge in [-0.05, 0) is 12.8 Å². The van der Waals surface area contributed by atoms with Gasteiger partial charge in [-0.25, -0.2) is 0 Å². The summed E-state index contributed by atoms with van der Waals surface area (Å²) in [6.07, 6.45) is 11.7. The van der Waals surface area contributed by atoms with Gasteiger partial charge in [0.15, 0.2) is 5.75 Å². The van der Waals surface area contributed by atoms with Gasteiger partial charge in [0.05, 0.1) is 31.6 Å². The van der Waals surface area contributed by atoms with Crippen molar-refractivity contribution in [3.05, 3.63) is 12.4 Å². The molecular weight excluding hydrogens is 216 g/mol. The lowest BCUT2D eigenvalue weighted by Crippen LogP contribution is -2.15. The first-order valence-electron chi connectivity index (χ1n) is 6.70. The van der Waals surface area contributed by atoms with Crippen LogP contribution in [0.5, 0.6) is 5.75 Å². The monoisotopic (exact) mass is 236 g/mol. The Labute approximate surface area is 102 Å². The van der Waals surface area contributed by atoms with E-state index in [2.05, 4.69) is 9.78 Å². The summed E-state index contributed by atoms with van der Waals surface area (Å²) in [6, 6.07) is 0.584. The van der Waals surface area contributed by atoms with E-state index in [0.717, 1.165) is 18.8 Å². The molecule has 0 aromatic carbocycles. The molecule has 1 saturated carbocycles. The van der Waals surface area contributed by atoms with E-state index in [0.29, 0.717) is 12.6 Å². The van der Waals surface area contributed by atoms with Gasteiger partial charge in [-0.15, -0.1) is 0 Å². The van der Waals surface area contributed by atoms with Crippen molar-refractivity contribution in [1.82, 2.24) is 9.78 Å². The average molecular weight is 236 g/mol. The fraction of sp³-hybridized carbons (Fsp3) is 0.769. The van der Waals surface area contributed by atoms with Crippen molar-refractivity contribution in [3.63, 3.8) is 0 Å². The molecule has 1 aromatic rings. The fourth-order valence-corrected chi connectivity index (χ4v) is 2.73. The van der Waals surface area contributed by atoms with Gasteiger partial charge < -0.3 is 9.47 Å². The maximum atomic E-state index is 5.84. The molecular formula is C13H20N2O2. The van der Waals surface area contributed by atoms with E-state index in [1.165, 1.54) is 32.1 Å². The summed E-state index contributed by atoms with van der Waals surface area (Å²) in [5.41, 5.74) is 0. The lowest BCUT2D eigenvalue weighted by Gasteiger charge is -2.21. The molecule has 1 saturated heterocycles. The minimum Gasteiger partial charge on any atom is -0.485 e. The van der Waals surface area contributed by atoms with Gasteiger partial charge in [0.25, 0.3) is 0 Å². The van der Waals surface area contributed by atoms with Crippen molar-refractivity contribution in [2.75, 3.05) is 13.2 Å². The Hall–Kier alpha value is -1.03. The van der Waals surface area contributed by atoms with E-state index < -0.39 is 0 Å². The van der Waals surface area contributed by atoms with Crippen molar-refractivity contribution in [2.45, 2.75) is 50.7 Å². The second-order valence-electron chi connectivity index (χ2n) is 5.05. The summed E-state index contributed by atoms with van der Waals surface area (Å²) in [5, 5.41) is 4.43. The molecule has 1 aliphatic carbocycles. The van der Waals surface area contributed by atoms with Gasteiger partial charge in [0.2, 0.25) is 0 Å². The Morgan fingerprint density at radius 2 is 2.12 bits per heavy atom. The van der Waals surface area contributed by atoms with E-state index in [4.69, 9.17) is 9.47 Å². The van der Waals surface area contributed by atoms with Gasteiger partial charge in [-0.2, -0.15) is 5.10 Å². The molecule has 3 rings (SSSR count). The van der Waals surface area contributed by atoms with Crippen molar-refractivity contribution in [1.29, 1.82) is 0 Å². The highest BCUT2D eigenvalue weighted by atomic mass is 16.5. The minimum atomic E-state index is 0.221. The smallest absolute Gasteiger partial charge is 0.157 e. The van der Waals surface area contributed by atoms with Gasteiger partial charge in [-0.1, -0.05) is 19.3 Å². The van der Waals surface area contributed by atoms with Gasteiger partial charge in [0, 0.05) is 6.42 Å². The number of hydrogen-bond acceptors (Lipinski definition) is 3. The SMILES string of the molecule is c1nn(C2CCCCC2)cc1OC1CCOC1. The quantitative estimate of drug-likeness (QED) is 0.809. The second-order valence-corrected chi connectivity index (χ2v) is 5.05. The first-order chi connectivity index (χ1) is 8.42. The number of nitrogens with zero attached hydrogens (tertiary/aromatic N) is 2. The molecule has 0 spiro atoms. The van der Waals surface area contributed by atoms with E-state index in [1.54, 1.807) is 0 Å². The molecule has 0 N–H and O–H groups in total. The maximum absolute atomic E-state index is 5.84. The molecule has 2 aliphatic rings. The zero-order chi connectivity index (χ0) is 11.5. The zero-order valence-corrected chi connectivity index (χ0v) is 10.2. The van der Waals surface area contributed by atoms with Crippen LogP contribution in [0, 0.1) is 0 Å². The highest BCUT2D eigenvalue weighted by Gasteiger charge is 2.20. The van der Waals surface area contributed by atoms with Crippen molar-refractivity contribution in [2.24, 2.45) is 0 Å². The molecule has 4 heteroatoms. The predicted molar refractivity (Wildman–Crippen MR) is 64.2 cm³/mol. The van der Waals surface area contributed by atoms with Crippen molar-refractivity contribution >= 4 is 0 Å². The summed E-state index contributed by atoms with van der Waals surface area (Å²) in [4.78, 5) is 0. The van der Waals surface area contributed by atoms with Gasteiger partial charge >= 0.3 is 0 Å². The third-order valence-electron chi connectivity index (χ3n) is 3.72. The lowest BCUT2D eigenvalue weighted by molar-refractivity contribution is 0.141. The second kappa shape index (κ2) is 5.08. The summed E-state index contributed by atoms with van der Waals surface area (Å²) in [7, 11) is 0. The molecule has 17 heavy (non-hydrogen) atoms. The van der Waals surface area contributed by atoms with Crippen LogP contribution in [0.2, 0.25) is 0 Å². The summed E-state index contributed by atoms with van der Waals surface area (Å²) < 4.78 is 13.2. The molecule has 94 valence electrons. The van der Waals surface area contributed by atoms with Crippen LogP contribution < -0.4 is 4.74 Å². The Balaban J connectivity index is 1.60. The highest BCUT2D eigenvalue weighted by Crippen LogP contribution is 2.28. The molecule has 1 aromatic heterocycles. The Morgan fingerprint density at radius 3 is 2.88 bits per heavy atom. The van der Waals surface area contributed by atoms with Crippen LogP contribution in [-0.4, -0.2) is 29.1 Å². The number of hydrogen-bond donors (Lipinski definition) is 0. The molecule has 0 radical (unpaired) electrons. The van der Waals surface area contributed by atoms with Crippen LogP contribution in [0.25, 0.3) is 0 Å². The van der Waals surface area contributed by atoms with E-state index >= 15 is 0 Å². The summed E-state index contributed by atoms with van der Waals surface area (Å²) in [6.45, 7) is 1.54. The van der Waals surface area contributed by atoms with Gasteiger partial charge in [0.1, 0.15) is 6.10 Å². The van der Waals surface area contributed by atoms with Crippen molar-refractivity contribution < 1.29 is 9.47 Å². The molecule has 2 heterocycles. The maximum Gasteiger partial charge on any atom is 0.157 e. The van der Waals surface area contributed by atoms with E-state index in [1.807, 2.05) is 12.4 Å². The largest absolute Gasteiger partial charge is 0.485 e. The molecule has 1 aliphatic heterocycles. The van der Waals surface area contributed by atoms with Crippen LogP contribution in [0.1, 0.15) is 44.6 Å². The first kappa shape index (κ1) is 11.1. The standard InChI is InChI=1S/C13H20N2O2/c1-2-4-11(5-3-1)15-9-13(8-14-15)17-12-6-7-16-10-12/h8-9,11-12H,1-7,10H2. The lowest BCUT2D eigenvalue weighted by atomic mass is 9.96. The third kappa shape index (κ3) is 2.63. The molecule has 0 amide bonds. The third-order valence-corrected chi connectivity index (χ3v) is 3.72. The van der Waals surface area contributed by atoms with Gasteiger partial charge in [-0.3, -0.25) is 4.68 Å². The predicted octanol–water partition coefficient (Wildman–Crippen LogP) is 2.56. The molecule has 1 unspecified atom stereocenters. The molecule has 1 atom stereocenters. The Morgan fingerprint density at radius 1 is 1.24 bits per heavy atom. The topological polar surface area (TPSA) is 36.3 Å². The average Bonchev–Trinajstić information content (AvgIpc) is 3.02. The first-order valence-corrected chi connectivity index (χ1v) is 6.70.